The van der Waals surface area contributed by atoms with Crippen LogP contribution < -0.4 is 9.47 Å². The van der Waals surface area contributed by atoms with Crippen molar-refractivity contribution in [3.05, 3.63) is 61.0 Å². The van der Waals surface area contributed by atoms with E-state index in [0.717, 1.165) is 14.7 Å². The maximum absolute atomic E-state index is 12.2. The Morgan fingerprint density at radius 2 is 2.07 bits per heavy atom. The van der Waals surface area contributed by atoms with Gasteiger partial charge in [-0.1, -0.05) is 53.8 Å². The van der Waals surface area contributed by atoms with Gasteiger partial charge in [-0.25, -0.2) is 0 Å². The van der Waals surface area contributed by atoms with Gasteiger partial charge in [0.25, 0.3) is 5.91 Å². The number of rotatable bonds is 5. The van der Waals surface area contributed by atoms with Crippen molar-refractivity contribution < 1.29 is 14.3 Å². The van der Waals surface area contributed by atoms with Crippen LogP contribution in [0.3, 0.4) is 0 Å². The van der Waals surface area contributed by atoms with Crippen molar-refractivity contribution in [1.29, 1.82) is 0 Å². The molecule has 1 heterocycles. The van der Waals surface area contributed by atoms with Crippen molar-refractivity contribution >= 4 is 74.5 Å². The van der Waals surface area contributed by atoms with E-state index < -0.39 is 0 Å². The molecule has 2 aromatic rings. The number of likely N-dealkylation sites (N-methyl/N-ethyl adjacent to an activating group) is 1. The van der Waals surface area contributed by atoms with E-state index >= 15 is 0 Å². The standard InChI is InChI=1S/C19H15ClINO3S2/c1-22-18(23)16(27-19(22)26)9-11-7-14(21)17(15(8-11)24-2)25-10-12-5-3-4-6-13(12)20/h3-9H,10H2,1-2H3/b16-9+. The van der Waals surface area contributed by atoms with Crippen molar-refractivity contribution in [1.82, 2.24) is 4.90 Å². The van der Waals surface area contributed by atoms with Crippen LogP contribution in [0, 0.1) is 3.57 Å². The Kier molecular flexibility index (Phi) is 6.67. The normalized spacial score (nSPS) is 15.6. The summed E-state index contributed by atoms with van der Waals surface area (Å²) >= 11 is 14.8. The smallest absolute Gasteiger partial charge is 0.265 e. The van der Waals surface area contributed by atoms with Gasteiger partial charge in [0.05, 0.1) is 15.6 Å². The van der Waals surface area contributed by atoms with E-state index in [1.165, 1.54) is 16.7 Å². The second-order valence-electron chi connectivity index (χ2n) is 5.65. The Morgan fingerprint density at radius 3 is 2.70 bits per heavy atom. The van der Waals surface area contributed by atoms with Crippen LogP contribution in [0.4, 0.5) is 0 Å². The van der Waals surface area contributed by atoms with E-state index in [2.05, 4.69) is 22.6 Å². The summed E-state index contributed by atoms with van der Waals surface area (Å²) < 4.78 is 12.9. The highest BCUT2D eigenvalue weighted by molar-refractivity contribution is 14.1. The lowest BCUT2D eigenvalue weighted by Gasteiger charge is -2.14. The number of thioether (sulfide) groups is 1. The first-order chi connectivity index (χ1) is 12.9. The molecule has 1 fully saturated rings. The van der Waals surface area contributed by atoms with Gasteiger partial charge in [-0.3, -0.25) is 9.69 Å². The maximum atomic E-state index is 12.2. The lowest BCUT2D eigenvalue weighted by Crippen LogP contribution is -2.22. The molecule has 0 aliphatic carbocycles. The van der Waals surface area contributed by atoms with Crippen LogP contribution in [0.1, 0.15) is 11.1 Å². The van der Waals surface area contributed by atoms with Crippen LogP contribution in [0.5, 0.6) is 11.5 Å². The van der Waals surface area contributed by atoms with Crippen LogP contribution >= 0.6 is 58.2 Å². The Morgan fingerprint density at radius 1 is 1.33 bits per heavy atom. The summed E-state index contributed by atoms with van der Waals surface area (Å²) in [4.78, 5) is 14.3. The number of ether oxygens (including phenoxy) is 2. The number of carbonyl (C=O) groups is 1. The highest BCUT2D eigenvalue weighted by Crippen LogP contribution is 2.37. The third-order valence-electron chi connectivity index (χ3n) is 3.87. The molecule has 1 aliphatic rings. The molecule has 1 aliphatic heterocycles. The van der Waals surface area contributed by atoms with E-state index in [-0.39, 0.29) is 5.91 Å². The zero-order valence-electron chi connectivity index (χ0n) is 14.5. The molecule has 27 heavy (non-hydrogen) atoms. The molecule has 0 aromatic heterocycles. The van der Waals surface area contributed by atoms with Crippen molar-refractivity contribution in [2.45, 2.75) is 6.61 Å². The third kappa shape index (κ3) is 4.59. The zero-order valence-corrected chi connectivity index (χ0v) is 19.0. The van der Waals surface area contributed by atoms with Gasteiger partial charge in [-0.05, 0) is 52.4 Å². The first-order valence-electron chi connectivity index (χ1n) is 7.86. The van der Waals surface area contributed by atoms with Crippen LogP contribution in [0.2, 0.25) is 5.02 Å². The first kappa shape index (κ1) is 20.4. The molecule has 140 valence electrons. The van der Waals surface area contributed by atoms with Crippen LogP contribution in [-0.2, 0) is 11.4 Å². The van der Waals surface area contributed by atoms with Gasteiger partial charge in [0.15, 0.2) is 11.5 Å². The number of thiocarbonyl (C=S) groups is 1. The molecule has 0 unspecified atom stereocenters. The minimum atomic E-state index is -0.0991. The van der Waals surface area contributed by atoms with Gasteiger partial charge >= 0.3 is 0 Å². The SMILES string of the molecule is COc1cc(/C=C2/SC(=S)N(C)C2=O)cc(I)c1OCc1ccccc1Cl. The molecule has 0 radical (unpaired) electrons. The van der Waals surface area contributed by atoms with E-state index in [4.69, 9.17) is 33.3 Å². The molecular weight excluding hydrogens is 517 g/mol. The summed E-state index contributed by atoms with van der Waals surface area (Å²) in [7, 11) is 3.26. The molecule has 1 saturated heterocycles. The second-order valence-corrected chi connectivity index (χ2v) is 8.90. The predicted molar refractivity (Wildman–Crippen MR) is 122 cm³/mol. The number of halogens is 2. The summed E-state index contributed by atoms with van der Waals surface area (Å²) in [6.07, 6.45) is 1.81. The van der Waals surface area contributed by atoms with Gasteiger partial charge in [-0.2, -0.15) is 0 Å². The lowest BCUT2D eigenvalue weighted by molar-refractivity contribution is -0.121. The molecule has 0 spiro atoms. The number of amides is 1. The van der Waals surface area contributed by atoms with Crippen LogP contribution in [-0.4, -0.2) is 29.3 Å². The highest BCUT2D eigenvalue weighted by atomic mass is 127. The minimum Gasteiger partial charge on any atom is -0.493 e. The molecule has 4 nitrogen and oxygen atoms in total. The molecule has 3 rings (SSSR count). The fourth-order valence-electron chi connectivity index (χ4n) is 2.43. The number of nitrogens with zero attached hydrogens (tertiary/aromatic N) is 1. The number of hydrogen-bond donors (Lipinski definition) is 0. The second kappa shape index (κ2) is 8.81. The van der Waals surface area contributed by atoms with Crippen LogP contribution in [0.25, 0.3) is 6.08 Å². The Hall–Kier alpha value is -1.29. The fourth-order valence-corrected chi connectivity index (χ4v) is 4.58. The number of methoxy groups -OCH3 is 1. The molecule has 0 N–H and O–H groups in total. The molecule has 8 heteroatoms. The van der Waals surface area contributed by atoms with E-state index in [1.807, 2.05) is 42.5 Å². The van der Waals surface area contributed by atoms with Crippen LogP contribution in [0.15, 0.2) is 41.3 Å². The number of hydrogen-bond acceptors (Lipinski definition) is 5. The van der Waals surface area contributed by atoms with Gasteiger partial charge in [0, 0.05) is 17.6 Å². The van der Waals surface area contributed by atoms with Gasteiger partial charge in [0.2, 0.25) is 0 Å². The van der Waals surface area contributed by atoms with Gasteiger partial charge in [0.1, 0.15) is 10.9 Å². The largest absolute Gasteiger partial charge is 0.493 e. The predicted octanol–water partition coefficient (Wildman–Crippen LogP) is 5.36. The quantitative estimate of drug-likeness (QED) is 0.295. The molecule has 1 amide bonds. The summed E-state index contributed by atoms with van der Waals surface area (Å²) in [6, 6.07) is 11.3. The molecule has 2 aromatic carbocycles. The Bertz CT molecular complexity index is 949. The van der Waals surface area contributed by atoms with E-state index in [0.29, 0.717) is 32.4 Å². The summed E-state index contributed by atoms with van der Waals surface area (Å²) in [5.74, 6) is 1.13. The zero-order chi connectivity index (χ0) is 19.6. The summed E-state index contributed by atoms with van der Waals surface area (Å²) in [5.41, 5.74) is 1.74. The summed E-state index contributed by atoms with van der Waals surface area (Å²) in [6.45, 7) is 0.333. The topological polar surface area (TPSA) is 38.8 Å². The molecule has 0 bridgehead atoms. The Labute approximate surface area is 186 Å². The monoisotopic (exact) mass is 531 g/mol. The average Bonchev–Trinajstić information content (AvgIpc) is 2.88. The molecule has 0 atom stereocenters. The minimum absolute atomic E-state index is 0.0991. The van der Waals surface area contributed by atoms with Crippen molar-refractivity contribution in [3.8, 4) is 11.5 Å². The lowest BCUT2D eigenvalue weighted by atomic mass is 10.1. The average molecular weight is 532 g/mol. The van der Waals surface area contributed by atoms with E-state index in [9.17, 15) is 4.79 Å². The van der Waals surface area contributed by atoms with Crippen molar-refractivity contribution in [2.24, 2.45) is 0 Å². The maximum Gasteiger partial charge on any atom is 0.265 e. The van der Waals surface area contributed by atoms with Gasteiger partial charge in [-0.15, -0.1) is 0 Å². The van der Waals surface area contributed by atoms with Crippen molar-refractivity contribution in [2.75, 3.05) is 14.2 Å². The summed E-state index contributed by atoms with van der Waals surface area (Å²) in [5, 5.41) is 0.657. The number of carbonyl (C=O) groups excluding carboxylic acids is 1. The van der Waals surface area contributed by atoms with E-state index in [1.54, 1.807) is 14.2 Å². The molecule has 0 saturated carbocycles. The third-order valence-corrected chi connectivity index (χ3v) is 6.52. The highest BCUT2D eigenvalue weighted by Gasteiger charge is 2.28. The Balaban J connectivity index is 1.87. The number of benzene rings is 2. The first-order valence-corrected chi connectivity index (χ1v) is 10.5. The molecular formula is C19H15ClINO3S2. The fraction of sp³-hybridized carbons (Fsp3) is 0.158. The van der Waals surface area contributed by atoms with Gasteiger partial charge < -0.3 is 9.47 Å². The van der Waals surface area contributed by atoms with Crippen molar-refractivity contribution in [3.63, 3.8) is 0 Å².